The highest BCUT2D eigenvalue weighted by Crippen LogP contribution is 2.20. The van der Waals surface area contributed by atoms with Crippen LogP contribution in [0.3, 0.4) is 0 Å². The molecule has 3 rings (SSSR count). The quantitative estimate of drug-likeness (QED) is 0.875. The number of anilines is 1. The maximum Gasteiger partial charge on any atom is 0.294 e. The van der Waals surface area contributed by atoms with Crippen molar-refractivity contribution in [3.63, 3.8) is 0 Å². The molecule has 1 aromatic carbocycles. The van der Waals surface area contributed by atoms with E-state index in [0.29, 0.717) is 37.6 Å². The van der Waals surface area contributed by atoms with Gasteiger partial charge in [0.1, 0.15) is 0 Å². The van der Waals surface area contributed by atoms with E-state index in [4.69, 9.17) is 4.52 Å². The second-order valence-corrected chi connectivity index (χ2v) is 7.96. The van der Waals surface area contributed by atoms with Crippen LogP contribution in [0.25, 0.3) is 0 Å². The molecule has 134 valence electrons. The van der Waals surface area contributed by atoms with E-state index < -0.39 is 15.9 Å². The highest BCUT2D eigenvalue weighted by Gasteiger charge is 2.27. The van der Waals surface area contributed by atoms with E-state index in [9.17, 15) is 13.2 Å². The molecule has 2 aromatic rings. The van der Waals surface area contributed by atoms with Crippen molar-refractivity contribution in [1.29, 1.82) is 0 Å². The zero-order chi connectivity index (χ0) is 18.0. The van der Waals surface area contributed by atoms with Crippen LogP contribution in [0.15, 0.2) is 39.8 Å². The first-order chi connectivity index (χ1) is 11.9. The van der Waals surface area contributed by atoms with Crippen molar-refractivity contribution in [3.8, 4) is 0 Å². The number of hydrogen-bond acceptors (Lipinski definition) is 6. The van der Waals surface area contributed by atoms with Gasteiger partial charge in [-0.2, -0.15) is 4.31 Å². The molecular weight excluding hydrogens is 344 g/mol. The van der Waals surface area contributed by atoms with Gasteiger partial charge in [0.25, 0.3) is 5.91 Å². The monoisotopic (exact) mass is 364 g/mol. The van der Waals surface area contributed by atoms with Gasteiger partial charge in [0.2, 0.25) is 15.8 Å². The van der Waals surface area contributed by atoms with E-state index in [0.717, 1.165) is 0 Å². The molecule has 0 spiro atoms. The van der Waals surface area contributed by atoms with Gasteiger partial charge in [-0.1, -0.05) is 5.16 Å². The van der Waals surface area contributed by atoms with Crippen LogP contribution in [0.4, 0.5) is 5.69 Å². The summed E-state index contributed by atoms with van der Waals surface area (Å²) in [5.41, 5.74) is 1.09. The van der Waals surface area contributed by atoms with E-state index in [1.54, 1.807) is 19.1 Å². The largest absolute Gasteiger partial charge is 0.351 e. The average Bonchev–Trinajstić information content (AvgIpc) is 3.02. The van der Waals surface area contributed by atoms with E-state index in [1.807, 2.05) is 7.05 Å². The molecule has 1 fully saturated rings. The highest BCUT2D eigenvalue weighted by molar-refractivity contribution is 7.89. The van der Waals surface area contributed by atoms with Crippen LogP contribution < -0.4 is 5.32 Å². The Kier molecular flexibility index (Phi) is 4.89. The van der Waals surface area contributed by atoms with Crippen molar-refractivity contribution in [2.24, 2.45) is 0 Å². The van der Waals surface area contributed by atoms with Crippen molar-refractivity contribution < 1.29 is 17.7 Å². The smallest absolute Gasteiger partial charge is 0.294 e. The van der Waals surface area contributed by atoms with Crippen LogP contribution in [0, 0.1) is 6.92 Å². The lowest BCUT2D eigenvalue weighted by molar-refractivity contribution is 0.0988. The third kappa shape index (κ3) is 3.89. The fourth-order valence-corrected chi connectivity index (χ4v) is 3.97. The Balaban J connectivity index is 1.70. The third-order valence-corrected chi connectivity index (χ3v) is 5.98. The first-order valence-electron chi connectivity index (χ1n) is 7.90. The molecule has 1 aliphatic rings. The first-order valence-corrected chi connectivity index (χ1v) is 9.34. The number of nitrogens with zero attached hydrogens (tertiary/aromatic N) is 3. The summed E-state index contributed by atoms with van der Waals surface area (Å²) in [4.78, 5) is 14.3. The Morgan fingerprint density at radius 2 is 1.80 bits per heavy atom. The van der Waals surface area contributed by atoms with Crippen molar-refractivity contribution >= 4 is 21.6 Å². The SMILES string of the molecule is Cc1cc(C(=O)Nc2ccc(S(=O)(=O)N3CCN(C)CC3)cc2)on1. The van der Waals surface area contributed by atoms with Crippen LogP contribution in [0.5, 0.6) is 0 Å². The van der Waals surface area contributed by atoms with Crippen molar-refractivity contribution in [1.82, 2.24) is 14.4 Å². The summed E-state index contributed by atoms with van der Waals surface area (Å²) < 4.78 is 31.7. The molecule has 0 saturated carbocycles. The number of rotatable bonds is 4. The molecule has 1 N–H and O–H groups in total. The first kappa shape index (κ1) is 17.6. The number of carbonyl (C=O) groups is 1. The lowest BCUT2D eigenvalue weighted by Gasteiger charge is -2.31. The van der Waals surface area contributed by atoms with Crippen molar-refractivity contribution in [2.45, 2.75) is 11.8 Å². The molecule has 1 amide bonds. The summed E-state index contributed by atoms with van der Waals surface area (Å²) in [6.45, 7) is 4.09. The van der Waals surface area contributed by atoms with Gasteiger partial charge in [-0.25, -0.2) is 8.42 Å². The maximum atomic E-state index is 12.6. The van der Waals surface area contributed by atoms with Gasteiger partial charge >= 0.3 is 0 Å². The predicted molar refractivity (Wildman–Crippen MR) is 91.9 cm³/mol. The van der Waals surface area contributed by atoms with Gasteiger partial charge in [-0.3, -0.25) is 4.79 Å². The van der Waals surface area contributed by atoms with Crippen LogP contribution in [0.2, 0.25) is 0 Å². The minimum Gasteiger partial charge on any atom is -0.351 e. The van der Waals surface area contributed by atoms with Crippen molar-refractivity contribution in [3.05, 3.63) is 41.8 Å². The Morgan fingerprint density at radius 1 is 1.16 bits per heavy atom. The summed E-state index contributed by atoms with van der Waals surface area (Å²) in [6.07, 6.45) is 0. The Labute approximate surface area is 146 Å². The number of carbonyl (C=O) groups excluding carboxylic acids is 1. The minimum absolute atomic E-state index is 0.103. The molecule has 1 aliphatic heterocycles. The van der Waals surface area contributed by atoms with Gasteiger partial charge < -0.3 is 14.7 Å². The zero-order valence-electron chi connectivity index (χ0n) is 14.1. The maximum absolute atomic E-state index is 12.6. The summed E-state index contributed by atoms with van der Waals surface area (Å²) >= 11 is 0. The van der Waals surface area contributed by atoms with Crippen LogP contribution in [-0.2, 0) is 10.0 Å². The van der Waals surface area contributed by atoms with Crippen LogP contribution >= 0.6 is 0 Å². The normalized spacial score (nSPS) is 16.7. The van der Waals surface area contributed by atoms with E-state index in [1.165, 1.54) is 22.5 Å². The molecule has 2 heterocycles. The Morgan fingerprint density at radius 3 is 2.36 bits per heavy atom. The highest BCUT2D eigenvalue weighted by atomic mass is 32.2. The van der Waals surface area contributed by atoms with Gasteiger partial charge in [-0.05, 0) is 38.2 Å². The minimum atomic E-state index is -3.51. The predicted octanol–water partition coefficient (Wildman–Crippen LogP) is 1.17. The summed E-state index contributed by atoms with van der Waals surface area (Å²) in [7, 11) is -1.54. The van der Waals surface area contributed by atoms with E-state index in [2.05, 4.69) is 15.4 Å². The average molecular weight is 364 g/mol. The Hall–Kier alpha value is -2.23. The zero-order valence-corrected chi connectivity index (χ0v) is 14.9. The number of piperazine rings is 1. The molecule has 1 aromatic heterocycles. The van der Waals surface area contributed by atoms with Gasteiger partial charge in [-0.15, -0.1) is 0 Å². The number of sulfonamides is 1. The molecule has 1 saturated heterocycles. The molecule has 0 aliphatic carbocycles. The molecule has 0 radical (unpaired) electrons. The number of nitrogens with one attached hydrogen (secondary N) is 1. The molecule has 0 bridgehead atoms. The molecule has 0 unspecified atom stereocenters. The van der Waals surface area contributed by atoms with Crippen molar-refractivity contribution in [2.75, 3.05) is 38.5 Å². The third-order valence-electron chi connectivity index (χ3n) is 4.06. The lowest BCUT2D eigenvalue weighted by Crippen LogP contribution is -2.46. The molecule has 0 atom stereocenters. The molecule has 9 heteroatoms. The molecule has 8 nitrogen and oxygen atoms in total. The second-order valence-electron chi connectivity index (χ2n) is 6.02. The summed E-state index contributed by atoms with van der Waals surface area (Å²) in [5.74, 6) is -0.332. The second kappa shape index (κ2) is 6.95. The number of likely N-dealkylation sites (N-methyl/N-ethyl adjacent to an activating group) is 1. The number of aromatic nitrogens is 1. The van der Waals surface area contributed by atoms with E-state index >= 15 is 0 Å². The number of hydrogen-bond donors (Lipinski definition) is 1. The summed E-state index contributed by atoms with van der Waals surface area (Å²) in [6, 6.07) is 7.64. The topological polar surface area (TPSA) is 95.8 Å². The van der Waals surface area contributed by atoms with Crippen LogP contribution in [-0.4, -0.2) is 61.9 Å². The standard InChI is InChI=1S/C16H20N4O4S/c1-12-11-15(24-18-12)16(21)17-13-3-5-14(6-4-13)25(22,23)20-9-7-19(2)8-10-20/h3-6,11H,7-10H2,1-2H3,(H,17,21). The fourth-order valence-electron chi connectivity index (χ4n) is 2.55. The molecular formula is C16H20N4O4S. The number of amides is 1. The lowest BCUT2D eigenvalue weighted by atomic mass is 10.3. The number of benzene rings is 1. The molecule has 25 heavy (non-hydrogen) atoms. The van der Waals surface area contributed by atoms with E-state index in [-0.39, 0.29) is 10.7 Å². The van der Waals surface area contributed by atoms with Gasteiger partial charge in [0.05, 0.1) is 10.6 Å². The van der Waals surface area contributed by atoms with Gasteiger partial charge in [0, 0.05) is 37.9 Å². The van der Waals surface area contributed by atoms with Crippen LogP contribution in [0.1, 0.15) is 16.2 Å². The Bertz CT molecular complexity index is 853. The summed E-state index contributed by atoms with van der Waals surface area (Å²) in [5, 5.41) is 6.31. The van der Waals surface area contributed by atoms with Gasteiger partial charge in [0.15, 0.2) is 0 Å². The fraction of sp³-hybridized carbons (Fsp3) is 0.375. The number of aryl methyl sites for hydroxylation is 1.